The fraction of sp³-hybridized carbons (Fsp3) is 0.0500. The number of nitrogens with zero attached hydrogens (tertiary/aromatic N) is 1. The van der Waals surface area contributed by atoms with E-state index in [4.69, 9.17) is 0 Å². The predicted octanol–water partition coefficient (Wildman–Crippen LogP) is 5.31. The van der Waals surface area contributed by atoms with Crippen LogP contribution in [0.1, 0.15) is 21.2 Å². The van der Waals surface area contributed by atoms with Crippen LogP contribution in [0.3, 0.4) is 0 Å². The van der Waals surface area contributed by atoms with E-state index in [0.29, 0.717) is 5.56 Å². The Hall–Kier alpha value is -2.92. The number of thioether (sulfide) groups is 1. The molecule has 3 aromatic rings. The van der Waals surface area contributed by atoms with Crippen molar-refractivity contribution in [1.29, 1.82) is 0 Å². The molecule has 0 spiro atoms. The monoisotopic (exact) mass is 349 g/mol. The van der Waals surface area contributed by atoms with Crippen molar-refractivity contribution in [3.8, 4) is 0 Å². The second-order valence-corrected chi connectivity index (χ2v) is 6.57. The van der Waals surface area contributed by atoms with E-state index in [1.165, 1.54) is 23.9 Å². The van der Waals surface area contributed by atoms with Gasteiger partial charge in [0.15, 0.2) is 5.78 Å². The number of nitro groups is 1. The van der Waals surface area contributed by atoms with E-state index < -0.39 is 10.2 Å². The Bertz CT molecular complexity index is 864. The lowest BCUT2D eigenvalue weighted by Gasteiger charge is -2.16. The van der Waals surface area contributed by atoms with Gasteiger partial charge in [0.1, 0.15) is 0 Å². The maximum Gasteiger partial charge on any atom is 0.269 e. The largest absolute Gasteiger partial charge is 0.293 e. The van der Waals surface area contributed by atoms with Gasteiger partial charge in [-0.15, -0.1) is 11.8 Å². The zero-order chi connectivity index (χ0) is 17.6. The highest BCUT2D eigenvalue weighted by Crippen LogP contribution is 2.38. The topological polar surface area (TPSA) is 60.2 Å². The molecule has 0 aromatic heterocycles. The van der Waals surface area contributed by atoms with Crippen LogP contribution in [-0.2, 0) is 0 Å². The third-order valence-electron chi connectivity index (χ3n) is 3.70. The number of carbonyl (C=O) groups is 1. The minimum Gasteiger partial charge on any atom is -0.293 e. The van der Waals surface area contributed by atoms with Gasteiger partial charge < -0.3 is 0 Å². The smallest absolute Gasteiger partial charge is 0.269 e. The predicted molar refractivity (Wildman–Crippen MR) is 98.9 cm³/mol. The molecule has 0 radical (unpaired) electrons. The van der Waals surface area contributed by atoms with Gasteiger partial charge in [0.2, 0.25) is 0 Å². The summed E-state index contributed by atoms with van der Waals surface area (Å²) in [5.74, 6) is -0.0247. The van der Waals surface area contributed by atoms with Crippen LogP contribution in [0, 0.1) is 10.1 Å². The summed E-state index contributed by atoms with van der Waals surface area (Å²) in [6.45, 7) is 0. The van der Waals surface area contributed by atoms with Gasteiger partial charge >= 0.3 is 0 Å². The first-order chi connectivity index (χ1) is 12.1. The maximum absolute atomic E-state index is 13.0. The number of hydrogen-bond donors (Lipinski definition) is 0. The number of ketones is 1. The summed E-state index contributed by atoms with van der Waals surface area (Å²) < 4.78 is 0. The van der Waals surface area contributed by atoms with Crippen LogP contribution in [-0.4, -0.2) is 10.7 Å². The van der Waals surface area contributed by atoms with E-state index in [9.17, 15) is 14.9 Å². The average molecular weight is 349 g/mol. The molecular formula is C20H15NO3S. The molecule has 4 nitrogen and oxygen atoms in total. The lowest BCUT2D eigenvalue weighted by atomic mass is 10.0. The van der Waals surface area contributed by atoms with E-state index >= 15 is 0 Å². The normalized spacial score (nSPS) is 11.7. The molecule has 3 rings (SSSR count). The van der Waals surface area contributed by atoms with Gasteiger partial charge in [-0.3, -0.25) is 14.9 Å². The average Bonchev–Trinajstić information content (AvgIpc) is 2.67. The van der Waals surface area contributed by atoms with Crippen LogP contribution in [0.15, 0.2) is 89.8 Å². The van der Waals surface area contributed by atoms with Gasteiger partial charge in [0, 0.05) is 22.6 Å². The molecule has 0 aliphatic heterocycles. The molecule has 25 heavy (non-hydrogen) atoms. The molecule has 5 heteroatoms. The summed E-state index contributed by atoms with van der Waals surface area (Å²) in [7, 11) is 0. The summed E-state index contributed by atoms with van der Waals surface area (Å²) >= 11 is 1.44. The Morgan fingerprint density at radius 2 is 1.40 bits per heavy atom. The van der Waals surface area contributed by atoms with Crippen molar-refractivity contribution in [2.24, 2.45) is 0 Å². The second-order valence-electron chi connectivity index (χ2n) is 5.39. The third-order valence-corrected chi connectivity index (χ3v) is 4.97. The van der Waals surface area contributed by atoms with Gasteiger partial charge in [-0.1, -0.05) is 60.7 Å². The Labute approximate surface area is 149 Å². The Balaban J connectivity index is 1.96. The number of benzene rings is 3. The van der Waals surface area contributed by atoms with Crippen LogP contribution in [0.4, 0.5) is 5.69 Å². The number of non-ortho nitro benzene ring substituents is 1. The molecule has 0 amide bonds. The highest BCUT2D eigenvalue weighted by atomic mass is 32.2. The molecule has 0 heterocycles. The van der Waals surface area contributed by atoms with Crippen molar-refractivity contribution >= 4 is 23.2 Å². The van der Waals surface area contributed by atoms with Crippen LogP contribution < -0.4 is 0 Å². The first kappa shape index (κ1) is 16.9. The quantitative estimate of drug-likeness (QED) is 0.262. The Morgan fingerprint density at radius 1 is 0.840 bits per heavy atom. The van der Waals surface area contributed by atoms with Crippen molar-refractivity contribution in [1.82, 2.24) is 0 Å². The molecule has 0 unspecified atom stereocenters. The van der Waals surface area contributed by atoms with Crippen molar-refractivity contribution < 1.29 is 9.72 Å². The van der Waals surface area contributed by atoms with Crippen LogP contribution in [0.5, 0.6) is 0 Å². The number of carbonyl (C=O) groups excluding carboxylic acids is 1. The highest BCUT2D eigenvalue weighted by molar-refractivity contribution is 8.00. The molecule has 0 aliphatic rings. The van der Waals surface area contributed by atoms with E-state index in [1.54, 1.807) is 24.3 Å². The van der Waals surface area contributed by atoms with Crippen molar-refractivity contribution in [2.75, 3.05) is 0 Å². The molecule has 0 saturated heterocycles. The Kier molecular flexibility index (Phi) is 5.26. The second kappa shape index (κ2) is 7.77. The number of rotatable bonds is 6. The van der Waals surface area contributed by atoms with E-state index in [1.807, 2.05) is 48.5 Å². The summed E-state index contributed by atoms with van der Waals surface area (Å²) in [4.78, 5) is 24.4. The minimum absolute atomic E-state index is 0.0133. The minimum atomic E-state index is -0.467. The zero-order valence-electron chi connectivity index (χ0n) is 13.2. The lowest BCUT2D eigenvalue weighted by Crippen LogP contribution is -2.10. The molecule has 0 saturated carbocycles. The first-order valence-corrected chi connectivity index (χ1v) is 8.58. The van der Waals surface area contributed by atoms with Crippen molar-refractivity contribution in [2.45, 2.75) is 10.1 Å². The molecule has 0 N–H and O–H groups in total. The van der Waals surface area contributed by atoms with Crippen molar-refractivity contribution in [3.63, 3.8) is 0 Å². The molecule has 0 aliphatic carbocycles. The number of nitro benzene ring substituents is 1. The van der Waals surface area contributed by atoms with Crippen LogP contribution in [0.25, 0.3) is 0 Å². The molecular weight excluding hydrogens is 334 g/mol. The van der Waals surface area contributed by atoms with Crippen molar-refractivity contribution in [3.05, 3.63) is 106 Å². The fourth-order valence-corrected chi connectivity index (χ4v) is 3.56. The molecule has 124 valence electrons. The Morgan fingerprint density at radius 3 is 1.96 bits per heavy atom. The standard InChI is InChI=1S/C20H15NO3S/c22-19(15-7-3-1-4-8-15)20(25-18-9-5-2-6-10-18)16-11-13-17(14-12-16)21(23)24/h1-14,20H/t20-/m1/s1. The summed E-state index contributed by atoms with van der Waals surface area (Å²) in [5, 5.41) is 10.4. The van der Waals surface area contributed by atoms with Gasteiger partial charge in [0.25, 0.3) is 5.69 Å². The molecule has 0 fully saturated rings. The van der Waals surface area contributed by atoms with Gasteiger partial charge in [-0.05, 0) is 17.7 Å². The molecule has 0 bridgehead atoms. The van der Waals surface area contributed by atoms with Crippen LogP contribution in [0.2, 0.25) is 0 Å². The maximum atomic E-state index is 13.0. The number of Topliss-reactive ketones (excluding diaryl/α,β-unsaturated/α-hetero) is 1. The SMILES string of the molecule is O=C(c1ccccc1)[C@H](Sc1ccccc1)c1ccc([N+](=O)[O-])cc1. The third kappa shape index (κ3) is 4.14. The molecule has 1 atom stereocenters. The first-order valence-electron chi connectivity index (χ1n) is 7.70. The molecule has 3 aromatic carbocycles. The summed E-state index contributed by atoms with van der Waals surface area (Å²) in [5.41, 5.74) is 1.38. The van der Waals surface area contributed by atoms with Gasteiger partial charge in [0.05, 0.1) is 10.2 Å². The van der Waals surface area contributed by atoms with Gasteiger partial charge in [-0.25, -0.2) is 0 Å². The summed E-state index contributed by atoms with van der Waals surface area (Å²) in [6, 6.07) is 24.9. The van der Waals surface area contributed by atoms with E-state index in [2.05, 4.69) is 0 Å². The van der Waals surface area contributed by atoms with E-state index in [0.717, 1.165) is 10.5 Å². The summed E-state index contributed by atoms with van der Waals surface area (Å²) in [6.07, 6.45) is 0. The lowest BCUT2D eigenvalue weighted by molar-refractivity contribution is -0.384. The fourth-order valence-electron chi connectivity index (χ4n) is 2.43. The highest BCUT2D eigenvalue weighted by Gasteiger charge is 2.24. The number of hydrogen-bond acceptors (Lipinski definition) is 4. The van der Waals surface area contributed by atoms with Gasteiger partial charge in [-0.2, -0.15) is 0 Å². The zero-order valence-corrected chi connectivity index (χ0v) is 14.1. The van der Waals surface area contributed by atoms with Crippen LogP contribution >= 0.6 is 11.8 Å². The van der Waals surface area contributed by atoms with E-state index in [-0.39, 0.29) is 11.5 Å².